The minimum absolute atomic E-state index is 0.0235. The van der Waals surface area contributed by atoms with Gasteiger partial charge in [0.2, 0.25) is 6.79 Å². The van der Waals surface area contributed by atoms with Crippen molar-refractivity contribution in [1.82, 2.24) is 5.32 Å². The van der Waals surface area contributed by atoms with Gasteiger partial charge in [0, 0.05) is 49.2 Å². The number of nitrogens with one attached hydrogen (secondary N) is 2. The minimum atomic E-state index is -0.295. The van der Waals surface area contributed by atoms with Crippen LogP contribution >= 0.6 is 0 Å². The van der Waals surface area contributed by atoms with E-state index in [-0.39, 0.29) is 24.6 Å². The zero-order chi connectivity index (χ0) is 26.6. The van der Waals surface area contributed by atoms with Crippen LogP contribution in [-0.2, 0) is 0 Å². The molecular weight excluding hydrogens is 484 g/mol. The van der Waals surface area contributed by atoms with Crippen LogP contribution in [0.5, 0.6) is 17.2 Å². The van der Waals surface area contributed by atoms with Gasteiger partial charge < -0.3 is 34.6 Å². The van der Waals surface area contributed by atoms with E-state index in [1.807, 2.05) is 44.2 Å². The Hall–Kier alpha value is -4.40. The molecule has 3 aromatic rings. The number of para-hydroxylation sites is 2. The van der Waals surface area contributed by atoms with Gasteiger partial charge in [0.1, 0.15) is 5.75 Å². The van der Waals surface area contributed by atoms with Crippen LogP contribution in [0, 0.1) is 0 Å². The van der Waals surface area contributed by atoms with Crippen molar-refractivity contribution in [2.45, 2.75) is 19.9 Å². The topological polar surface area (TPSA) is 92.4 Å². The molecule has 0 bridgehead atoms. The summed E-state index contributed by atoms with van der Waals surface area (Å²) in [6.07, 6.45) is 0. The normalized spacial score (nSPS) is 14.4. The van der Waals surface area contributed by atoms with Crippen molar-refractivity contribution in [3.8, 4) is 17.2 Å². The average Bonchev–Trinajstić information content (AvgIpc) is 3.41. The van der Waals surface area contributed by atoms with E-state index in [9.17, 15) is 9.59 Å². The summed E-state index contributed by atoms with van der Waals surface area (Å²) in [6.45, 7) is 7.04. The van der Waals surface area contributed by atoms with Gasteiger partial charge in [-0.3, -0.25) is 9.59 Å². The molecule has 0 unspecified atom stereocenters. The number of amides is 2. The molecule has 1 saturated heterocycles. The molecule has 3 aromatic carbocycles. The van der Waals surface area contributed by atoms with E-state index >= 15 is 0 Å². The lowest BCUT2D eigenvalue weighted by Crippen LogP contribution is -2.47. The molecule has 9 heteroatoms. The number of benzene rings is 3. The van der Waals surface area contributed by atoms with Crippen molar-refractivity contribution in [1.29, 1.82) is 0 Å². The van der Waals surface area contributed by atoms with Gasteiger partial charge in [0.15, 0.2) is 11.5 Å². The Labute approximate surface area is 222 Å². The first-order valence-electron chi connectivity index (χ1n) is 12.7. The summed E-state index contributed by atoms with van der Waals surface area (Å²) < 4.78 is 16.3. The standard InChI is InChI=1S/C29H32N4O5/c1-19(2)30-29(35)22-17-21(31-28(34)20-8-11-26-27(16-20)38-18-37-26)9-10-23(22)32-12-14-33(15-13-32)24-6-4-5-7-25(24)36-3/h4-11,16-17,19H,12-15,18H2,1-3H3,(H,30,35)(H,31,34). The predicted octanol–water partition coefficient (Wildman–Crippen LogP) is 4.14. The first-order chi connectivity index (χ1) is 18.4. The molecule has 5 rings (SSSR count). The average molecular weight is 517 g/mol. The van der Waals surface area contributed by atoms with Gasteiger partial charge in [-0.25, -0.2) is 0 Å². The lowest BCUT2D eigenvalue weighted by Gasteiger charge is -2.38. The molecular formula is C29H32N4O5. The summed E-state index contributed by atoms with van der Waals surface area (Å²) in [5, 5.41) is 5.91. The van der Waals surface area contributed by atoms with Crippen LogP contribution in [0.25, 0.3) is 0 Å². The molecule has 1 fully saturated rings. The van der Waals surface area contributed by atoms with Crippen LogP contribution in [0.3, 0.4) is 0 Å². The van der Waals surface area contributed by atoms with E-state index in [0.29, 0.717) is 28.3 Å². The number of fused-ring (bicyclic) bond motifs is 1. The summed E-state index contributed by atoms with van der Waals surface area (Å²) in [6, 6.07) is 18.5. The SMILES string of the molecule is COc1ccccc1N1CCN(c2ccc(NC(=O)c3ccc4c(c3)OCO4)cc2C(=O)NC(C)C)CC1. The molecule has 0 aromatic heterocycles. The Bertz CT molecular complexity index is 1330. The molecule has 0 radical (unpaired) electrons. The van der Waals surface area contributed by atoms with Gasteiger partial charge in [0.25, 0.3) is 11.8 Å². The smallest absolute Gasteiger partial charge is 0.255 e. The maximum Gasteiger partial charge on any atom is 0.255 e. The molecule has 0 aliphatic carbocycles. The maximum atomic E-state index is 13.2. The Morgan fingerprint density at radius 1 is 0.842 bits per heavy atom. The van der Waals surface area contributed by atoms with Gasteiger partial charge in [-0.2, -0.15) is 0 Å². The fraction of sp³-hybridized carbons (Fsp3) is 0.310. The van der Waals surface area contributed by atoms with Gasteiger partial charge in [-0.1, -0.05) is 12.1 Å². The number of nitrogens with zero attached hydrogens (tertiary/aromatic N) is 2. The maximum absolute atomic E-state index is 13.2. The van der Waals surface area contributed by atoms with Crippen LogP contribution in [0.4, 0.5) is 17.1 Å². The molecule has 38 heavy (non-hydrogen) atoms. The second-order valence-electron chi connectivity index (χ2n) is 9.53. The van der Waals surface area contributed by atoms with Crippen molar-refractivity contribution < 1.29 is 23.8 Å². The summed E-state index contributed by atoms with van der Waals surface area (Å²) in [5.74, 6) is 1.53. The van der Waals surface area contributed by atoms with Crippen molar-refractivity contribution in [2.75, 3.05) is 55.2 Å². The Morgan fingerprint density at radius 2 is 1.55 bits per heavy atom. The third kappa shape index (κ3) is 5.32. The van der Waals surface area contributed by atoms with Crippen LogP contribution < -0.4 is 34.6 Å². The third-order valence-electron chi connectivity index (χ3n) is 6.60. The van der Waals surface area contributed by atoms with E-state index in [1.165, 1.54) is 0 Å². The largest absolute Gasteiger partial charge is 0.495 e. The lowest BCUT2D eigenvalue weighted by molar-refractivity contribution is 0.0942. The van der Waals surface area contributed by atoms with E-state index in [4.69, 9.17) is 14.2 Å². The molecule has 2 N–H and O–H groups in total. The Kier molecular flexibility index (Phi) is 7.26. The first kappa shape index (κ1) is 25.3. The number of hydrogen-bond donors (Lipinski definition) is 2. The van der Waals surface area contributed by atoms with Crippen molar-refractivity contribution in [3.05, 3.63) is 71.8 Å². The number of ether oxygens (including phenoxy) is 3. The zero-order valence-electron chi connectivity index (χ0n) is 21.8. The van der Waals surface area contributed by atoms with Crippen molar-refractivity contribution in [3.63, 3.8) is 0 Å². The van der Waals surface area contributed by atoms with Crippen molar-refractivity contribution in [2.24, 2.45) is 0 Å². The number of carbonyl (C=O) groups excluding carboxylic acids is 2. The van der Waals surface area contributed by atoms with E-state index in [0.717, 1.165) is 43.3 Å². The number of hydrogen-bond acceptors (Lipinski definition) is 7. The van der Waals surface area contributed by atoms with E-state index in [1.54, 1.807) is 31.4 Å². The summed E-state index contributed by atoms with van der Waals surface area (Å²) >= 11 is 0. The highest BCUT2D eigenvalue weighted by Crippen LogP contribution is 2.33. The van der Waals surface area contributed by atoms with Crippen LogP contribution in [-0.4, -0.2) is 57.9 Å². The fourth-order valence-corrected chi connectivity index (χ4v) is 4.73. The number of carbonyl (C=O) groups is 2. The highest BCUT2D eigenvalue weighted by Gasteiger charge is 2.24. The van der Waals surface area contributed by atoms with Crippen molar-refractivity contribution >= 4 is 28.9 Å². The molecule has 9 nitrogen and oxygen atoms in total. The molecule has 0 saturated carbocycles. The van der Waals surface area contributed by atoms with Crippen LogP contribution in [0.15, 0.2) is 60.7 Å². The van der Waals surface area contributed by atoms with E-state index in [2.05, 4.69) is 26.5 Å². The molecule has 0 spiro atoms. The molecule has 2 heterocycles. The molecule has 2 amide bonds. The number of anilines is 3. The van der Waals surface area contributed by atoms with Crippen LogP contribution in [0.2, 0.25) is 0 Å². The van der Waals surface area contributed by atoms with Gasteiger partial charge in [-0.15, -0.1) is 0 Å². The lowest BCUT2D eigenvalue weighted by atomic mass is 10.1. The molecule has 2 aliphatic heterocycles. The summed E-state index contributed by atoms with van der Waals surface area (Å²) in [7, 11) is 1.68. The number of methoxy groups -OCH3 is 1. The fourth-order valence-electron chi connectivity index (χ4n) is 4.73. The monoisotopic (exact) mass is 516 g/mol. The van der Waals surface area contributed by atoms with Crippen LogP contribution in [0.1, 0.15) is 34.6 Å². The summed E-state index contributed by atoms with van der Waals surface area (Å²) in [4.78, 5) is 30.7. The van der Waals surface area contributed by atoms with Gasteiger partial charge in [0.05, 0.1) is 18.4 Å². The first-order valence-corrected chi connectivity index (χ1v) is 12.7. The second kappa shape index (κ2) is 10.9. The molecule has 198 valence electrons. The summed E-state index contributed by atoms with van der Waals surface area (Å²) in [5.41, 5.74) is 3.41. The van der Waals surface area contributed by atoms with E-state index < -0.39 is 0 Å². The zero-order valence-corrected chi connectivity index (χ0v) is 21.8. The third-order valence-corrected chi connectivity index (χ3v) is 6.60. The quantitative estimate of drug-likeness (QED) is 0.488. The Balaban J connectivity index is 1.35. The second-order valence-corrected chi connectivity index (χ2v) is 9.53. The number of rotatable bonds is 7. The van der Waals surface area contributed by atoms with Gasteiger partial charge in [-0.05, 0) is 62.4 Å². The minimum Gasteiger partial charge on any atom is -0.495 e. The molecule has 0 atom stereocenters. The number of piperazine rings is 1. The Morgan fingerprint density at radius 3 is 2.29 bits per heavy atom. The highest BCUT2D eigenvalue weighted by molar-refractivity contribution is 6.06. The highest BCUT2D eigenvalue weighted by atomic mass is 16.7. The van der Waals surface area contributed by atoms with Gasteiger partial charge >= 0.3 is 0 Å². The predicted molar refractivity (Wildman–Crippen MR) is 147 cm³/mol. The molecule has 2 aliphatic rings.